The Bertz CT molecular complexity index is 909. The zero-order chi connectivity index (χ0) is 16.7. The average Bonchev–Trinajstić information content (AvgIpc) is 2.78. The van der Waals surface area contributed by atoms with Crippen molar-refractivity contribution in [3.8, 4) is 0 Å². The molecule has 0 saturated heterocycles. The molecule has 1 aromatic heterocycles. The van der Waals surface area contributed by atoms with Crippen molar-refractivity contribution in [1.29, 1.82) is 0 Å². The van der Waals surface area contributed by atoms with Gasteiger partial charge in [0.05, 0.1) is 0 Å². The number of aryl methyl sites for hydroxylation is 2. The normalized spacial score (nSPS) is 13.8. The summed E-state index contributed by atoms with van der Waals surface area (Å²) in [4.78, 5) is 14.6. The number of amides is 2. The molecular weight excluding hydrogens is 298 g/mol. The molecule has 0 bridgehead atoms. The number of benzene rings is 2. The standard InChI is InChI=1S/C20H21N3O/c1-14-6-8-17(9-7-14)21-20(24)23-11-10-16-12-22(2)18-5-3-4-15(13-23)19(16)18/h3-9,12H,10-11,13H2,1-2H3,(H,21,24). The van der Waals surface area contributed by atoms with Gasteiger partial charge in [-0.15, -0.1) is 0 Å². The highest BCUT2D eigenvalue weighted by molar-refractivity contribution is 5.91. The first-order valence-corrected chi connectivity index (χ1v) is 8.30. The van der Waals surface area contributed by atoms with Crippen molar-refractivity contribution in [3.63, 3.8) is 0 Å². The third kappa shape index (κ3) is 2.54. The lowest BCUT2D eigenvalue weighted by Gasteiger charge is -2.22. The molecule has 2 aromatic carbocycles. The van der Waals surface area contributed by atoms with Gasteiger partial charge in [-0.3, -0.25) is 0 Å². The van der Waals surface area contributed by atoms with E-state index in [0.29, 0.717) is 6.54 Å². The molecule has 4 nitrogen and oxygen atoms in total. The van der Waals surface area contributed by atoms with Crippen molar-refractivity contribution in [2.75, 3.05) is 11.9 Å². The number of nitrogens with one attached hydrogen (secondary N) is 1. The second-order valence-electron chi connectivity index (χ2n) is 6.54. The second-order valence-corrected chi connectivity index (χ2v) is 6.54. The van der Waals surface area contributed by atoms with Crippen LogP contribution in [0.5, 0.6) is 0 Å². The first kappa shape index (κ1) is 14.8. The van der Waals surface area contributed by atoms with E-state index in [1.54, 1.807) is 0 Å². The van der Waals surface area contributed by atoms with Gasteiger partial charge in [-0.2, -0.15) is 0 Å². The molecule has 24 heavy (non-hydrogen) atoms. The molecule has 3 aromatic rings. The van der Waals surface area contributed by atoms with E-state index in [4.69, 9.17) is 0 Å². The highest BCUT2D eigenvalue weighted by Gasteiger charge is 2.21. The molecule has 2 heterocycles. The quantitative estimate of drug-likeness (QED) is 0.721. The van der Waals surface area contributed by atoms with Crippen LogP contribution >= 0.6 is 0 Å². The molecule has 1 aliphatic rings. The van der Waals surface area contributed by atoms with E-state index >= 15 is 0 Å². The summed E-state index contributed by atoms with van der Waals surface area (Å²) < 4.78 is 2.18. The molecule has 0 unspecified atom stereocenters. The van der Waals surface area contributed by atoms with E-state index in [9.17, 15) is 4.79 Å². The van der Waals surface area contributed by atoms with E-state index in [1.807, 2.05) is 36.1 Å². The van der Waals surface area contributed by atoms with Crippen molar-refractivity contribution in [2.45, 2.75) is 19.9 Å². The fourth-order valence-electron chi connectivity index (χ4n) is 3.49. The van der Waals surface area contributed by atoms with Gasteiger partial charge in [0.25, 0.3) is 0 Å². The summed E-state index contributed by atoms with van der Waals surface area (Å²) in [7, 11) is 2.08. The minimum atomic E-state index is -0.0367. The zero-order valence-corrected chi connectivity index (χ0v) is 14.0. The number of aromatic nitrogens is 1. The van der Waals surface area contributed by atoms with E-state index < -0.39 is 0 Å². The summed E-state index contributed by atoms with van der Waals surface area (Å²) >= 11 is 0. The maximum Gasteiger partial charge on any atom is 0.322 e. The Morgan fingerprint density at radius 2 is 1.88 bits per heavy atom. The van der Waals surface area contributed by atoms with E-state index in [2.05, 4.69) is 41.3 Å². The second kappa shape index (κ2) is 5.71. The third-order valence-electron chi connectivity index (χ3n) is 4.78. The fourth-order valence-corrected chi connectivity index (χ4v) is 3.49. The van der Waals surface area contributed by atoms with Crippen LogP contribution in [0.2, 0.25) is 0 Å². The lowest BCUT2D eigenvalue weighted by atomic mass is 10.1. The van der Waals surface area contributed by atoms with Crippen molar-refractivity contribution >= 4 is 22.6 Å². The predicted octanol–water partition coefficient (Wildman–Crippen LogP) is 4.08. The monoisotopic (exact) mass is 319 g/mol. The molecular formula is C20H21N3O. The van der Waals surface area contributed by atoms with Crippen molar-refractivity contribution in [3.05, 3.63) is 65.4 Å². The van der Waals surface area contributed by atoms with E-state index in [1.165, 1.54) is 27.6 Å². The van der Waals surface area contributed by atoms with Gasteiger partial charge in [0.2, 0.25) is 0 Å². The van der Waals surface area contributed by atoms with Crippen LogP contribution in [0.1, 0.15) is 16.7 Å². The summed E-state index contributed by atoms with van der Waals surface area (Å²) in [6.45, 7) is 3.41. The minimum absolute atomic E-state index is 0.0367. The van der Waals surface area contributed by atoms with Gasteiger partial charge in [-0.1, -0.05) is 29.8 Å². The molecule has 0 aliphatic carbocycles. The average molecular weight is 319 g/mol. The van der Waals surface area contributed by atoms with Gasteiger partial charge >= 0.3 is 6.03 Å². The largest absolute Gasteiger partial charge is 0.350 e. The molecule has 2 amide bonds. The molecule has 122 valence electrons. The minimum Gasteiger partial charge on any atom is -0.350 e. The van der Waals surface area contributed by atoms with Gasteiger partial charge in [0.1, 0.15) is 0 Å². The Labute approximate surface area is 141 Å². The number of nitrogens with zero attached hydrogens (tertiary/aromatic N) is 2. The van der Waals surface area contributed by atoms with Crippen LogP contribution in [0, 0.1) is 6.92 Å². The van der Waals surface area contributed by atoms with Crippen LogP contribution in [0.3, 0.4) is 0 Å². The summed E-state index contributed by atoms with van der Waals surface area (Å²) in [5.41, 5.74) is 5.81. The van der Waals surface area contributed by atoms with Crippen LogP contribution in [-0.4, -0.2) is 22.0 Å². The van der Waals surface area contributed by atoms with Crippen LogP contribution in [-0.2, 0) is 20.0 Å². The number of urea groups is 1. The van der Waals surface area contributed by atoms with Crippen molar-refractivity contribution < 1.29 is 4.79 Å². The highest BCUT2D eigenvalue weighted by Crippen LogP contribution is 2.29. The first-order valence-electron chi connectivity index (χ1n) is 8.30. The molecule has 0 spiro atoms. The maximum absolute atomic E-state index is 12.7. The summed E-state index contributed by atoms with van der Waals surface area (Å²) in [6, 6.07) is 14.2. The molecule has 4 heteroatoms. The van der Waals surface area contributed by atoms with Gasteiger partial charge in [-0.25, -0.2) is 4.79 Å². The van der Waals surface area contributed by atoms with Crippen LogP contribution in [0.15, 0.2) is 48.7 Å². The first-order chi connectivity index (χ1) is 11.6. The molecule has 1 N–H and O–H groups in total. The lowest BCUT2D eigenvalue weighted by molar-refractivity contribution is 0.210. The van der Waals surface area contributed by atoms with Crippen LogP contribution < -0.4 is 5.32 Å². The predicted molar refractivity (Wildman–Crippen MR) is 97.2 cm³/mol. The summed E-state index contributed by atoms with van der Waals surface area (Å²) in [6.07, 6.45) is 3.07. The Kier molecular flexibility index (Phi) is 3.53. The smallest absolute Gasteiger partial charge is 0.322 e. The summed E-state index contributed by atoms with van der Waals surface area (Å²) in [5, 5.41) is 4.32. The number of carbonyl (C=O) groups is 1. The maximum atomic E-state index is 12.7. The molecule has 0 radical (unpaired) electrons. The van der Waals surface area contributed by atoms with Crippen LogP contribution in [0.25, 0.3) is 10.9 Å². The molecule has 0 atom stereocenters. The number of hydrogen-bond acceptors (Lipinski definition) is 1. The highest BCUT2D eigenvalue weighted by atomic mass is 16.2. The molecule has 0 fully saturated rings. The molecule has 4 rings (SSSR count). The number of anilines is 1. The Morgan fingerprint density at radius 3 is 2.67 bits per heavy atom. The van der Waals surface area contributed by atoms with Gasteiger partial charge < -0.3 is 14.8 Å². The van der Waals surface area contributed by atoms with Crippen LogP contribution in [0.4, 0.5) is 10.5 Å². The zero-order valence-electron chi connectivity index (χ0n) is 14.0. The fraction of sp³-hybridized carbons (Fsp3) is 0.250. The lowest BCUT2D eigenvalue weighted by Crippen LogP contribution is -2.35. The third-order valence-corrected chi connectivity index (χ3v) is 4.78. The van der Waals surface area contributed by atoms with Crippen molar-refractivity contribution in [2.24, 2.45) is 7.05 Å². The van der Waals surface area contributed by atoms with E-state index in [0.717, 1.165) is 18.7 Å². The van der Waals surface area contributed by atoms with Gasteiger partial charge in [-0.05, 0) is 42.7 Å². The number of hydrogen-bond donors (Lipinski definition) is 1. The van der Waals surface area contributed by atoms with Crippen molar-refractivity contribution in [1.82, 2.24) is 9.47 Å². The topological polar surface area (TPSA) is 37.3 Å². The van der Waals surface area contributed by atoms with E-state index in [-0.39, 0.29) is 6.03 Å². The molecule has 0 saturated carbocycles. The SMILES string of the molecule is Cc1ccc(NC(=O)N2CCc3cn(C)c4cccc(c34)C2)cc1. The number of rotatable bonds is 1. The Balaban J connectivity index is 1.59. The van der Waals surface area contributed by atoms with Gasteiger partial charge in [0.15, 0.2) is 0 Å². The van der Waals surface area contributed by atoms with Gasteiger partial charge in [0, 0.05) is 42.9 Å². The molecule has 1 aliphatic heterocycles. The number of carbonyl (C=O) groups excluding carboxylic acids is 1. The Morgan fingerprint density at radius 1 is 1.08 bits per heavy atom. The summed E-state index contributed by atoms with van der Waals surface area (Å²) in [5.74, 6) is 0. The Hall–Kier alpha value is -2.75.